The van der Waals surface area contributed by atoms with Crippen molar-refractivity contribution in [1.82, 2.24) is 0 Å². The summed E-state index contributed by atoms with van der Waals surface area (Å²) in [5.74, 6) is 0.630. The number of amidine groups is 1. The second-order valence-electron chi connectivity index (χ2n) is 4.64. The molecule has 0 saturated heterocycles. The summed E-state index contributed by atoms with van der Waals surface area (Å²) in [6, 6.07) is 7.22. The van der Waals surface area contributed by atoms with Gasteiger partial charge in [0.2, 0.25) is 0 Å². The van der Waals surface area contributed by atoms with Crippen LogP contribution in [0.15, 0.2) is 29.4 Å². The van der Waals surface area contributed by atoms with Gasteiger partial charge < -0.3 is 15.6 Å². The number of hydrogen-bond donors (Lipinski definition) is 3. The van der Waals surface area contributed by atoms with Gasteiger partial charge in [0.1, 0.15) is 5.84 Å². The van der Waals surface area contributed by atoms with Gasteiger partial charge in [0.15, 0.2) is 0 Å². The SMILES string of the molecule is O/N=C(/CC1CCCC1O)Nc1cccc(Cl)c1. The first-order valence-electron chi connectivity index (χ1n) is 6.10. The number of halogens is 1. The minimum Gasteiger partial charge on any atom is -0.409 e. The highest BCUT2D eigenvalue weighted by molar-refractivity contribution is 6.30. The molecule has 2 unspecified atom stereocenters. The molecule has 1 aromatic carbocycles. The van der Waals surface area contributed by atoms with Crippen LogP contribution in [0.4, 0.5) is 5.69 Å². The third kappa shape index (κ3) is 3.37. The van der Waals surface area contributed by atoms with Crippen molar-refractivity contribution >= 4 is 23.1 Å². The Kier molecular flexibility index (Phi) is 4.44. The van der Waals surface area contributed by atoms with Gasteiger partial charge in [-0.3, -0.25) is 0 Å². The molecule has 0 spiro atoms. The summed E-state index contributed by atoms with van der Waals surface area (Å²) in [7, 11) is 0. The number of aliphatic hydroxyl groups is 1. The molecule has 1 aliphatic carbocycles. The molecule has 5 heteroatoms. The molecular weight excluding hydrogens is 252 g/mol. The van der Waals surface area contributed by atoms with E-state index in [9.17, 15) is 5.11 Å². The number of anilines is 1. The van der Waals surface area contributed by atoms with E-state index in [2.05, 4.69) is 10.5 Å². The lowest BCUT2D eigenvalue weighted by Gasteiger charge is -2.16. The highest BCUT2D eigenvalue weighted by atomic mass is 35.5. The normalized spacial score (nSPS) is 24.2. The minimum absolute atomic E-state index is 0.169. The minimum atomic E-state index is -0.289. The molecule has 0 radical (unpaired) electrons. The molecule has 98 valence electrons. The van der Waals surface area contributed by atoms with Crippen molar-refractivity contribution in [3.05, 3.63) is 29.3 Å². The van der Waals surface area contributed by atoms with Gasteiger partial charge in [-0.1, -0.05) is 29.2 Å². The highest BCUT2D eigenvalue weighted by Crippen LogP contribution is 2.29. The first-order chi connectivity index (χ1) is 8.69. The van der Waals surface area contributed by atoms with Crippen LogP contribution in [0.3, 0.4) is 0 Å². The summed E-state index contributed by atoms with van der Waals surface area (Å²) >= 11 is 5.88. The Hall–Kier alpha value is -1.26. The van der Waals surface area contributed by atoms with Crippen molar-refractivity contribution < 1.29 is 10.3 Å². The van der Waals surface area contributed by atoms with E-state index < -0.39 is 0 Å². The number of benzene rings is 1. The lowest BCUT2D eigenvalue weighted by molar-refractivity contribution is 0.135. The Morgan fingerprint density at radius 1 is 1.44 bits per heavy atom. The van der Waals surface area contributed by atoms with Crippen molar-refractivity contribution in [2.45, 2.75) is 31.8 Å². The van der Waals surface area contributed by atoms with E-state index in [1.807, 2.05) is 12.1 Å². The number of nitrogens with one attached hydrogen (secondary N) is 1. The van der Waals surface area contributed by atoms with Crippen molar-refractivity contribution in [3.63, 3.8) is 0 Å². The Balaban J connectivity index is 1.97. The van der Waals surface area contributed by atoms with E-state index in [0.717, 1.165) is 24.9 Å². The molecule has 0 amide bonds. The molecule has 1 fully saturated rings. The molecule has 0 bridgehead atoms. The van der Waals surface area contributed by atoms with Gasteiger partial charge in [-0.05, 0) is 37.0 Å². The molecule has 1 saturated carbocycles. The van der Waals surface area contributed by atoms with Gasteiger partial charge in [-0.25, -0.2) is 0 Å². The molecule has 4 nitrogen and oxygen atoms in total. The zero-order valence-electron chi connectivity index (χ0n) is 10.0. The number of aliphatic hydroxyl groups excluding tert-OH is 1. The van der Waals surface area contributed by atoms with Crippen LogP contribution in [0.2, 0.25) is 5.02 Å². The first kappa shape index (κ1) is 13.2. The monoisotopic (exact) mass is 268 g/mol. The van der Waals surface area contributed by atoms with Crippen LogP contribution < -0.4 is 5.32 Å². The van der Waals surface area contributed by atoms with Crippen molar-refractivity contribution in [2.24, 2.45) is 11.1 Å². The van der Waals surface area contributed by atoms with Crippen LogP contribution in [0.25, 0.3) is 0 Å². The van der Waals surface area contributed by atoms with Crippen LogP contribution in [-0.2, 0) is 0 Å². The fourth-order valence-corrected chi connectivity index (χ4v) is 2.54. The topological polar surface area (TPSA) is 64.9 Å². The maximum absolute atomic E-state index is 9.76. The predicted octanol–water partition coefficient (Wildman–Crippen LogP) is 3.09. The molecular formula is C13H17ClN2O2. The third-order valence-electron chi connectivity index (χ3n) is 3.31. The van der Waals surface area contributed by atoms with E-state index in [0.29, 0.717) is 17.3 Å². The van der Waals surface area contributed by atoms with Crippen LogP contribution in [0, 0.1) is 5.92 Å². The van der Waals surface area contributed by atoms with Crippen LogP contribution in [0.5, 0.6) is 0 Å². The third-order valence-corrected chi connectivity index (χ3v) is 3.54. The van der Waals surface area contributed by atoms with E-state index >= 15 is 0 Å². The standard InChI is InChI=1S/C13H17ClN2O2/c14-10-4-2-5-11(8-10)15-13(16-18)7-9-3-1-6-12(9)17/h2,4-5,8-9,12,17-18H,1,3,6-7H2,(H,15,16). The predicted molar refractivity (Wildman–Crippen MR) is 72.3 cm³/mol. The Bertz CT molecular complexity index is 437. The lowest BCUT2D eigenvalue weighted by Crippen LogP contribution is -2.22. The fraction of sp³-hybridized carbons (Fsp3) is 0.462. The van der Waals surface area contributed by atoms with Crippen molar-refractivity contribution in [1.29, 1.82) is 0 Å². The van der Waals surface area contributed by atoms with E-state index in [-0.39, 0.29) is 12.0 Å². The van der Waals surface area contributed by atoms with E-state index in [1.54, 1.807) is 12.1 Å². The average molecular weight is 269 g/mol. The van der Waals surface area contributed by atoms with Crippen LogP contribution >= 0.6 is 11.6 Å². The van der Waals surface area contributed by atoms with Gasteiger partial charge in [0, 0.05) is 17.1 Å². The molecule has 18 heavy (non-hydrogen) atoms. The number of oxime groups is 1. The molecule has 3 N–H and O–H groups in total. The fourth-order valence-electron chi connectivity index (χ4n) is 2.35. The molecule has 1 aliphatic rings. The first-order valence-corrected chi connectivity index (χ1v) is 6.48. The number of rotatable bonds is 3. The molecule has 0 heterocycles. The Labute approximate surface area is 111 Å². The summed E-state index contributed by atoms with van der Waals surface area (Å²) in [5.41, 5.74) is 0.780. The summed E-state index contributed by atoms with van der Waals surface area (Å²) in [5, 5.41) is 25.7. The largest absolute Gasteiger partial charge is 0.409 e. The van der Waals surface area contributed by atoms with Crippen molar-refractivity contribution in [3.8, 4) is 0 Å². The van der Waals surface area contributed by atoms with Crippen LogP contribution in [0.1, 0.15) is 25.7 Å². The molecule has 0 aromatic heterocycles. The van der Waals surface area contributed by atoms with Gasteiger partial charge in [0.05, 0.1) is 6.10 Å². The smallest absolute Gasteiger partial charge is 0.146 e. The van der Waals surface area contributed by atoms with Crippen LogP contribution in [-0.4, -0.2) is 22.3 Å². The van der Waals surface area contributed by atoms with Gasteiger partial charge in [-0.15, -0.1) is 0 Å². The van der Waals surface area contributed by atoms with Gasteiger partial charge >= 0.3 is 0 Å². The second kappa shape index (κ2) is 6.07. The zero-order chi connectivity index (χ0) is 13.0. The van der Waals surface area contributed by atoms with Gasteiger partial charge in [0.25, 0.3) is 0 Å². The van der Waals surface area contributed by atoms with E-state index in [4.69, 9.17) is 16.8 Å². The van der Waals surface area contributed by atoms with Crippen molar-refractivity contribution in [2.75, 3.05) is 5.32 Å². The highest BCUT2D eigenvalue weighted by Gasteiger charge is 2.26. The summed E-state index contributed by atoms with van der Waals surface area (Å²) in [6.45, 7) is 0. The second-order valence-corrected chi connectivity index (χ2v) is 5.08. The lowest BCUT2D eigenvalue weighted by atomic mass is 10.0. The maximum Gasteiger partial charge on any atom is 0.146 e. The number of nitrogens with zero attached hydrogens (tertiary/aromatic N) is 1. The summed E-state index contributed by atoms with van der Waals surface area (Å²) in [6.07, 6.45) is 3.09. The number of hydrogen-bond acceptors (Lipinski definition) is 3. The Morgan fingerprint density at radius 3 is 2.89 bits per heavy atom. The zero-order valence-corrected chi connectivity index (χ0v) is 10.8. The summed E-state index contributed by atoms with van der Waals surface area (Å²) < 4.78 is 0. The molecule has 2 atom stereocenters. The summed E-state index contributed by atoms with van der Waals surface area (Å²) in [4.78, 5) is 0. The van der Waals surface area contributed by atoms with E-state index in [1.165, 1.54) is 0 Å². The van der Waals surface area contributed by atoms with Gasteiger partial charge in [-0.2, -0.15) is 0 Å². The quantitative estimate of drug-likeness (QED) is 0.342. The molecule has 1 aromatic rings. The average Bonchev–Trinajstić information content (AvgIpc) is 2.74. The molecule has 2 rings (SSSR count). The Morgan fingerprint density at radius 2 is 2.28 bits per heavy atom. The molecule has 0 aliphatic heterocycles. The maximum atomic E-state index is 9.76.